The van der Waals surface area contributed by atoms with Gasteiger partial charge in [0.05, 0.1) is 0 Å². The highest BCUT2D eigenvalue weighted by Crippen LogP contribution is 2.22. The van der Waals surface area contributed by atoms with E-state index < -0.39 is 29.7 Å². The molecule has 6 nitrogen and oxygen atoms in total. The number of aliphatic hydroxyl groups excluding tert-OH is 2. The topological polar surface area (TPSA) is 105 Å². The van der Waals surface area contributed by atoms with E-state index in [9.17, 15) is 19.4 Å². The van der Waals surface area contributed by atoms with Crippen molar-refractivity contribution in [2.75, 3.05) is 6.54 Å². The number of rotatable bonds is 5. The number of ether oxygens (including phenoxy) is 1. The lowest BCUT2D eigenvalue weighted by Crippen LogP contribution is -2.39. The van der Waals surface area contributed by atoms with Crippen LogP contribution in [0.1, 0.15) is 38.0 Å². The molecule has 2 unspecified atom stereocenters. The van der Waals surface area contributed by atoms with Gasteiger partial charge in [0, 0.05) is 13.1 Å². The first-order chi connectivity index (χ1) is 10.1. The third-order valence-corrected chi connectivity index (χ3v) is 2.86. The lowest BCUT2D eigenvalue weighted by Gasteiger charge is -2.23. The predicted octanol–water partition coefficient (Wildman–Crippen LogP) is 1.20. The summed E-state index contributed by atoms with van der Waals surface area (Å²) in [5.41, 5.74) is 5.56. The zero-order valence-corrected chi connectivity index (χ0v) is 13.0. The van der Waals surface area contributed by atoms with Gasteiger partial charge >= 0.3 is 6.09 Å². The van der Waals surface area contributed by atoms with Crippen molar-refractivity contribution in [3.05, 3.63) is 35.1 Å². The minimum Gasteiger partial charge on any atom is -0.444 e. The molecule has 1 aromatic rings. The van der Waals surface area contributed by atoms with Crippen LogP contribution in [-0.2, 0) is 11.3 Å². The summed E-state index contributed by atoms with van der Waals surface area (Å²) < 4.78 is 18.2. The van der Waals surface area contributed by atoms with Gasteiger partial charge in [0.2, 0.25) is 0 Å². The van der Waals surface area contributed by atoms with Gasteiger partial charge < -0.3 is 26.0 Å². The van der Waals surface area contributed by atoms with Crippen molar-refractivity contribution < 1.29 is 24.1 Å². The van der Waals surface area contributed by atoms with Crippen LogP contribution in [0.25, 0.3) is 0 Å². The third-order valence-electron chi connectivity index (χ3n) is 2.86. The summed E-state index contributed by atoms with van der Waals surface area (Å²) in [5.74, 6) is -0.474. The number of carbonyl (C=O) groups is 1. The Morgan fingerprint density at radius 2 is 2.05 bits per heavy atom. The molecule has 0 radical (unpaired) electrons. The number of aliphatic hydroxyl groups is 2. The Hall–Kier alpha value is -1.70. The number of benzene rings is 1. The van der Waals surface area contributed by atoms with Crippen LogP contribution in [0.4, 0.5) is 9.18 Å². The van der Waals surface area contributed by atoms with Crippen LogP contribution in [0, 0.1) is 5.82 Å². The highest BCUT2D eigenvalue weighted by atomic mass is 19.1. The molecule has 1 aromatic carbocycles. The van der Waals surface area contributed by atoms with Crippen LogP contribution in [0.2, 0.25) is 0 Å². The maximum Gasteiger partial charge on any atom is 0.407 e. The summed E-state index contributed by atoms with van der Waals surface area (Å²) >= 11 is 0. The van der Waals surface area contributed by atoms with Gasteiger partial charge in [0.15, 0.2) is 0 Å². The molecule has 0 spiro atoms. The third kappa shape index (κ3) is 5.59. The maximum absolute atomic E-state index is 13.1. The fraction of sp³-hybridized carbons (Fsp3) is 0.533. The summed E-state index contributed by atoms with van der Waals surface area (Å²) in [6.07, 6.45) is -3.27. The Morgan fingerprint density at radius 1 is 1.41 bits per heavy atom. The van der Waals surface area contributed by atoms with Gasteiger partial charge in [-0.15, -0.1) is 0 Å². The van der Waals surface area contributed by atoms with E-state index in [1.807, 2.05) is 0 Å². The van der Waals surface area contributed by atoms with E-state index in [1.54, 1.807) is 20.8 Å². The normalized spacial score (nSPS) is 14.3. The summed E-state index contributed by atoms with van der Waals surface area (Å²) in [5, 5.41) is 22.4. The maximum atomic E-state index is 13.1. The monoisotopic (exact) mass is 314 g/mol. The number of halogens is 1. The zero-order chi connectivity index (χ0) is 16.9. The van der Waals surface area contributed by atoms with Gasteiger partial charge in [0.25, 0.3) is 0 Å². The van der Waals surface area contributed by atoms with Crippen molar-refractivity contribution in [2.45, 2.75) is 45.1 Å². The van der Waals surface area contributed by atoms with Gasteiger partial charge in [-0.2, -0.15) is 0 Å². The van der Waals surface area contributed by atoms with Crippen LogP contribution >= 0.6 is 0 Å². The number of nitrogens with two attached hydrogens (primary N) is 1. The first-order valence-corrected chi connectivity index (χ1v) is 6.95. The second-order valence-electron chi connectivity index (χ2n) is 5.94. The summed E-state index contributed by atoms with van der Waals surface area (Å²) in [7, 11) is 0. The summed E-state index contributed by atoms with van der Waals surface area (Å²) in [4.78, 5) is 11.5. The lowest BCUT2D eigenvalue weighted by atomic mass is 9.98. The molecule has 0 fully saturated rings. The first kappa shape index (κ1) is 18.3. The average Bonchev–Trinajstić information content (AvgIpc) is 2.42. The van der Waals surface area contributed by atoms with Gasteiger partial charge in [0.1, 0.15) is 23.6 Å². The minimum atomic E-state index is -1.30. The molecular weight excluding hydrogens is 291 g/mol. The molecular formula is C15H23FN2O4. The SMILES string of the molecule is CC(C)(C)OC(=O)NCC(O)C(O)c1ccc(F)cc1CN. The van der Waals surface area contributed by atoms with Gasteiger partial charge in [-0.25, -0.2) is 9.18 Å². The van der Waals surface area contributed by atoms with E-state index >= 15 is 0 Å². The molecule has 0 aliphatic rings. The van der Waals surface area contributed by atoms with Crippen molar-refractivity contribution in [2.24, 2.45) is 5.73 Å². The van der Waals surface area contributed by atoms with E-state index in [4.69, 9.17) is 10.5 Å². The Balaban J connectivity index is 2.66. The van der Waals surface area contributed by atoms with Crippen LogP contribution in [-0.4, -0.2) is 34.6 Å². The van der Waals surface area contributed by atoms with Crippen molar-refractivity contribution in [1.82, 2.24) is 5.32 Å². The molecule has 0 bridgehead atoms. The molecule has 0 aliphatic heterocycles. The van der Waals surface area contributed by atoms with Crippen molar-refractivity contribution in [1.29, 1.82) is 0 Å². The van der Waals surface area contributed by atoms with Crippen LogP contribution in [0.3, 0.4) is 0 Å². The van der Waals surface area contributed by atoms with Crippen molar-refractivity contribution in [3.63, 3.8) is 0 Å². The van der Waals surface area contributed by atoms with E-state index in [0.29, 0.717) is 11.1 Å². The zero-order valence-electron chi connectivity index (χ0n) is 13.0. The number of alkyl carbamates (subject to hydrolysis) is 1. The van der Waals surface area contributed by atoms with Gasteiger partial charge in [-0.05, 0) is 44.0 Å². The van der Waals surface area contributed by atoms with E-state index in [1.165, 1.54) is 18.2 Å². The van der Waals surface area contributed by atoms with Gasteiger partial charge in [-0.1, -0.05) is 6.07 Å². The molecule has 0 heterocycles. The lowest BCUT2D eigenvalue weighted by molar-refractivity contribution is 0.0125. The quantitative estimate of drug-likeness (QED) is 0.654. The summed E-state index contributed by atoms with van der Waals surface area (Å²) in [6.45, 7) is 4.95. The Bertz CT molecular complexity index is 517. The molecule has 1 rings (SSSR count). The first-order valence-electron chi connectivity index (χ1n) is 6.95. The molecule has 7 heteroatoms. The van der Waals surface area contributed by atoms with Crippen LogP contribution < -0.4 is 11.1 Å². The number of amides is 1. The van der Waals surface area contributed by atoms with Crippen LogP contribution in [0.5, 0.6) is 0 Å². The minimum absolute atomic E-state index is 0.0242. The van der Waals surface area contributed by atoms with Crippen molar-refractivity contribution >= 4 is 6.09 Å². The number of nitrogens with one attached hydrogen (secondary N) is 1. The second-order valence-corrected chi connectivity index (χ2v) is 5.94. The molecule has 22 heavy (non-hydrogen) atoms. The Labute approximate surface area is 129 Å². The molecule has 5 N–H and O–H groups in total. The van der Waals surface area contributed by atoms with E-state index in [-0.39, 0.29) is 13.1 Å². The Morgan fingerprint density at radius 3 is 2.59 bits per heavy atom. The molecule has 0 aliphatic carbocycles. The van der Waals surface area contributed by atoms with E-state index in [2.05, 4.69) is 5.32 Å². The number of hydrogen-bond donors (Lipinski definition) is 4. The Kier molecular flexibility index (Phi) is 6.28. The number of hydrogen-bond acceptors (Lipinski definition) is 5. The average molecular weight is 314 g/mol. The largest absolute Gasteiger partial charge is 0.444 e. The molecule has 0 saturated carbocycles. The van der Waals surface area contributed by atoms with Crippen LogP contribution in [0.15, 0.2) is 18.2 Å². The predicted molar refractivity (Wildman–Crippen MR) is 79.5 cm³/mol. The molecule has 0 saturated heterocycles. The summed E-state index contributed by atoms with van der Waals surface area (Å²) in [6, 6.07) is 3.73. The smallest absolute Gasteiger partial charge is 0.407 e. The van der Waals surface area contributed by atoms with Gasteiger partial charge in [-0.3, -0.25) is 0 Å². The highest BCUT2D eigenvalue weighted by molar-refractivity contribution is 5.67. The molecule has 2 atom stereocenters. The molecule has 124 valence electrons. The molecule has 0 aromatic heterocycles. The fourth-order valence-electron chi connectivity index (χ4n) is 1.86. The standard InChI is InChI=1S/C15H23FN2O4/c1-15(2,3)22-14(21)18-8-12(19)13(20)11-5-4-10(16)6-9(11)7-17/h4-6,12-13,19-20H,7-8,17H2,1-3H3,(H,18,21). The van der Waals surface area contributed by atoms with E-state index in [0.717, 1.165) is 0 Å². The number of carbonyl (C=O) groups excluding carboxylic acids is 1. The molecule has 1 amide bonds. The second kappa shape index (κ2) is 7.53. The fourth-order valence-corrected chi connectivity index (χ4v) is 1.86. The van der Waals surface area contributed by atoms with Crippen molar-refractivity contribution in [3.8, 4) is 0 Å². The highest BCUT2D eigenvalue weighted by Gasteiger charge is 2.23.